The lowest BCUT2D eigenvalue weighted by Gasteiger charge is -2.08. The number of hydrogen-bond donors (Lipinski definition) is 2. The zero-order valence-corrected chi connectivity index (χ0v) is 8.83. The van der Waals surface area contributed by atoms with E-state index in [1.165, 1.54) is 5.56 Å². The quantitative estimate of drug-likeness (QED) is 0.713. The van der Waals surface area contributed by atoms with Gasteiger partial charge in [0.1, 0.15) is 0 Å². The number of hydrogen-bond acceptors (Lipinski definition) is 2. The highest BCUT2D eigenvalue weighted by molar-refractivity contribution is 5.85. The lowest BCUT2D eigenvalue weighted by Crippen LogP contribution is -2.18. The van der Waals surface area contributed by atoms with Crippen molar-refractivity contribution in [2.45, 2.75) is 18.4 Å². The summed E-state index contributed by atoms with van der Waals surface area (Å²) in [7, 11) is 0. The van der Waals surface area contributed by atoms with E-state index >= 15 is 0 Å². The Labute approximate surface area is 90.5 Å². The van der Waals surface area contributed by atoms with Crippen molar-refractivity contribution in [3.63, 3.8) is 0 Å². The molecule has 13 heavy (non-hydrogen) atoms. The summed E-state index contributed by atoms with van der Waals surface area (Å²) in [6.45, 7) is 0. The maximum Gasteiger partial charge on any atom is 0.0412 e. The van der Waals surface area contributed by atoms with Gasteiger partial charge in [0.25, 0.3) is 0 Å². The standard InChI is InChI=1S/C9H12N2.2ClH/c10-8-3-1-2-7(6-8)9(11)4-5-9;;/h1-3,6H,4-5,10-11H2;2*1H. The summed E-state index contributed by atoms with van der Waals surface area (Å²) >= 11 is 0. The van der Waals surface area contributed by atoms with Gasteiger partial charge in [-0.1, -0.05) is 12.1 Å². The van der Waals surface area contributed by atoms with Gasteiger partial charge >= 0.3 is 0 Å². The van der Waals surface area contributed by atoms with E-state index in [0.29, 0.717) is 0 Å². The third-order valence-corrected chi connectivity index (χ3v) is 2.25. The Kier molecular flexibility index (Phi) is 4.04. The summed E-state index contributed by atoms with van der Waals surface area (Å²) in [6, 6.07) is 7.85. The first kappa shape index (κ1) is 12.6. The lowest BCUT2D eigenvalue weighted by molar-refractivity contribution is 0.740. The van der Waals surface area contributed by atoms with Gasteiger partial charge in [-0.05, 0) is 30.5 Å². The maximum absolute atomic E-state index is 5.98. The Morgan fingerprint density at radius 3 is 2.23 bits per heavy atom. The number of nitrogens with two attached hydrogens (primary N) is 2. The summed E-state index contributed by atoms with van der Waals surface area (Å²) in [4.78, 5) is 0. The second-order valence-electron chi connectivity index (χ2n) is 3.28. The van der Waals surface area contributed by atoms with Crippen LogP contribution in [0.1, 0.15) is 18.4 Å². The molecule has 2 nitrogen and oxygen atoms in total. The van der Waals surface area contributed by atoms with Crippen LogP contribution in [0.3, 0.4) is 0 Å². The molecule has 0 aliphatic heterocycles. The first-order valence-corrected chi connectivity index (χ1v) is 3.86. The second kappa shape index (κ2) is 4.18. The topological polar surface area (TPSA) is 52.0 Å². The monoisotopic (exact) mass is 220 g/mol. The molecular formula is C9H14Cl2N2. The molecule has 0 amide bonds. The van der Waals surface area contributed by atoms with Crippen molar-refractivity contribution < 1.29 is 0 Å². The van der Waals surface area contributed by atoms with Gasteiger partial charge in [-0.15, -0.1) is 24.8 Å². The molecule has 74 valence electrons. The molecule has 2 rings (SSSR count). The molecule has 0 radical (unpaired) electrons. The predicted octanol–water partition coefficient (Wildman–Crippen LogP) is 2.06. The molecule has 0 saturated heterocycles. The number of nitrogen functional groups attached to an aromatic ring is 1. The zero-order valence-electron chi connectivity index (χ0n) is 7.19. The molecule has 1 aliphatic rings. The van der Waals surface area contributed by atoms with E-state index < -0.39 is 0 Å². The summed E-state index contributed by atoms with van der Waals surface area (Å²) in [5.74, 6) is 0. The molecule has 0 unspecified atom stereocenters. The van der Waals surface area contributed by atoms with Crippen LogP contribution in [-0.4, -0.2) is 0 Å². The molecule has 4 heteroatoms. The third-order valence-electron chi connectivity index (χ3n) is 2.25. The average molecular weight is 221 g/mol. The highest BCUT2D eigenvalue weighted by Gasteiger charge is 2.39. The molecule has 1 aromatic carbocycles. The Hall–Kier alpha value is -0.440. The number of halogens is 2. The Balaban J connectivity index is 0.000000720. The summed E-state index contributed by atoms with van der Waals surface area (Å²) in [5.41, 5.74) is 13.5. The number of anilines is 1. The normalized spacial score (nSPS) is 16.7. The molecule has 0 heterocycles. The van der Waals surface area contributed by atoms with Crippen LogP contribution in [0.2, 0.25) is 0 Å². The highest BCUT2D eigenvalue weighted by Crippen LogP contribution is 2.42. The van der Waals surface area contributed by atoms with Crippen molar-refractivity contribution in [2.24, 2.45) is 5.73 Å². The van der Waals surface area contributed by atoms with Crippen LogP contribution < -0.4 is 11.5 Å². The fourth-order valence-corrected chi connectivity index (χ4v) is 1.27. The van der Waals surface area contributed by atoms with Crippen LogP contribution in [0.4, 0.5) is 5.69 Å². The van der Waals surface area contributed by atoms with Crippen LogP contribution in [0.15, 0.2) is 24.3 Å². The molecule has 0 bridgehead atoms. The molecular weight excluding hydrogens is 207 g/mol. The van der Waals surface area contributed by atoms with Crippen LogP contribution >= 0.6 is 24.8 Å². The fraction of sp³-hybridized carbons (Fsp3) is 0.333. The Morgan fingerprint density at radius 2 is 1.77 bits per heavy atom. The van der Waals surface area contributed by atoms with E-state index in [1.807, 2.05) is 24.3 Å². The highest BCUT2D eigenvalue weighted by atomic mass is 35.5. The van der Waals surface area contributed by atoms with Gasteiger partial charge in [0, 0.05) is 11.2 Å². The number of rotatable bonds is 1. The van der Waals surface area contributed by atoms with E-state index in [9.17, 15) is 0 Å². The van der Waals surface area contributed by atoms with Crippen molar-refractivity contribution in [1.29, 1.82) is 0 Å². The molecule has 1 aliphatic carbocycles. The minimum Gasteiger partial charge on any atom is -0.399 e. The van der Waals surface area contributed by atoms with Gasteiger partial charge in [-0.2, -0.15) is 0 Å². The molecule has 0 atom stereocenters. The summed E-state index contributed by atoms with van der Waals surface area (Å²) in [5, 5.41) is 0. The van der Waals surface area contributed by atoms with E-state index in [-0.39, 0.29) is 30.4 Å². The lowest BCUT2D eigenvalue weighted by atomic mass is 10.1. The minimum absolute atomic E-state index is 0. The number of benzene rings is 1. The van der Waals surface area contributed by atoms with E-state index in [4.69, 9.17) is 11.5 Å². The van der Waals surface area contributed by atoms with Gasteiger partial charge in [-0.3, -0.25) is 0 Å². The van der Waals surface area contributed by atoms with E-state index in [1.54, 1.807) is 0 Å². The van der Waals surface area contributed by atoms with Crippen molar-refractivity contribution in [3.8, 4) is 0 Å². The van der Waals surface area contributed by atoms with Crippen LogP contribution in [0, 0.1) is 0 Å². The van der Waals surface area contributed by atoms with Crippen LogP contribution in [0.25, 0.3) is 0 Å². The molecule has 4 N–H and O–H groups in total. The third kappa shape index (κ3) is 2.50. The second-order valence-corrected chi connectivity index (χ2v) is 3.28. The molecule has 0 aromatic heterocycles. The summed E-state index contributed by atoms with van der Waals surface area (Å²) < 4.78 is 0. The van der Waals surface area contributed by atoms with Crippen molar-refractivity contribution in [3.05, 3.63) is 29.8 Å². The Morgan fingerprint density at radius 1 is 1.15 bits per heavy atom. The van der Waals surface area contributed by atoms with Crippen molar-refractivity contribution in [2.75, 3.05) is 5.73 Å². The molecule has 0 spiro atoms. The van der Waals surface area contributed by atoms with Gasteiger partial charge in [-0.25, -0.2) is 0 Å². The molecule has 1 saturated carbocycles. The smallest absolute Gasteiger partial charge is 0.0412 e. The van der Waals surface area contributed by atoms with Crippen molar-refractivity contribution in [1.82, 2.24) is 0 Å². The average Bonchev–Trinajstić information content (AvgIpc) is 2.70. The molecule has 1 fully saturated rings. The summed E-state index contributed by atoms with van der Waals surface area (Å²) in [6.07, 6.45) is 2.19. The van der Waals surface area contributed by atoms with E-state index in [0.717, 1.165) is 18.5 Å². The fourth-order valence-electron chi connectivity index (χ4n) is 1.27. The zero-order chi connectivity index (χ0) is 7.90. The van der Waals surface area contributed by atoms with Gasteiger partial charge in [0.05, 0.1) is 0 Å². The van der Waals surface area contributed by atoms with Crippen molar-refractivity contribution >= 4 is 30.5 Å². The minimum atomic E-state index is -0.0462. The Bertz CT molecular complexity index is 285. The van der Waals surface area contributed by atoms with Gasteiger partial charge in [0.15, 0.2) is 0 Å². The molecule has 1 aromatic rings. The van der Waals surface area contributed by atoms with Gasteiger partial charge < -0.3 is 11.5 Å². The van der Waals surface area contributed by atoms with Crippen LogP contribution in [-0.2, 0) is 5.54 Å². The van der Waals surface area contributed by atoms with Crippen LogP contribution in [0.5, 0.6) is 0 Å². The largest absolute Gasteiger partial charge is 0.399 e. The van der Waals surface area contributed by atoms with E-state index in [2.05, 4.69) is 0 Å². The first-order chi connectivity index (χ1) is 5.21. The SMILES string of the molecule is Cl.Cl.Nc1cccc(C2(N)CC2)c1. The maximum atomic E-state index is 5.98. The predicted molar refractivity (Wildman–Crippen MR) is 60.4 cm³/mol. The van der Waals surface area contributed by atoms with Gasteiger partial charge in [0.2, 0.25) is 0 Å². The first-order valence-electron chi connectivity index (χ1n) is 3.86.